The molecule has 2 aromatic carbocycles. The van der Waals surface area contributed by atoms with Gasteiger partial charge in [0.25, 0.3) is 5.91 Å². The van der Waals surface area contributed by atoms with Gasteiger partial charge in [-0.2, -0.15) is 0 Å². The maximum Gasteiger partial charge on any atom is 0.261 e. The summed E-state index contributed by atoms with van der Waals surface area (Å²) in [5, 5.41) is 12.1. The molecule has 0 saturated carbocycles. The number of rotatable bonds is 2. The third-order valence-corrected chi connectivity index (χ3v) is 4.45. The van der Waals surface area contributed by atoms with Crippen molar-refractivity contribution in [3.05, 3.63) is 94.8 Å². The zero-order chi connectivity index (χ0) is 16.7. The van der Waals surface area contributed by atoms with Gasteiger partial charge in [0.05, 0.1) is 0 Å². The second kappa shape index (κ2) is 5.44. The molecular formula is C19H13ClN2O2. The van der Waals surface area contributed by atoms with E-state index < -0.39 is 5.72 Å². The Bertz CT molecular complexity index is 915. The molecule has 0 bridgehead atoms. The summed E-state index contributed by atoms with van der Waals surface area (Å²) < 4.78 is 0. The van der Waals surface area contributed by atoms with Crippen molar-refractivity contribution in [3.8, 4) is 0 Å². The lowest BCUT2D eigenvalue weighted by atomic mass is 9.94. The van der Waals surface area contributed by atoms with E-state index in [-0.39, 0.29) is 5.91 Å². The smallest absolute Gasteiger partial charge is 0.261 e. The van der Waals surface area contributed by atoms with E-state index in [4.69, 9.17) is 11.6 Å². The number of halogens is 1. The van der Waals surface area contributed by atoms with Crippen molar-refractivity contribution in [3.63, 3.8) is 0 Å². The molecule has 4 rings (SSSR count). The first-order valence-corrected chi connectivity index (χ1v) is 7.82. The maximum absolute atomic E-state index is 13.0. The van der Waals surface area contributed by atoms with E-state index in [0.29, 0.717) is 27.4 Å². The fourth-order valence-corrected chi connectivity index (χ4v) is 3.30. The molecule has 1 aliphatic rings. The van der Waals surface area contributed by atoms with Gasteiger partial charge in [-0.05, 0) is 42.5 Å². The zero-order valence-electron chi connectivity index (χ0n) is 12.6. The summed E-state index contributed by atoms with van der Waals surface area (Å²) in [5.41, 5.74) is 0.421. The van der Waals surface area contributed by atoms with Crippen molar-refractivity contribution in [1.29, 1.82) is 0 Å². The van der Waals surface area contributed by atoms with Gasteiger partial charge < -0.3 is 5.11 Å². The molecule has 1 unspecified atom stereocenters. The maximum atomic E-state index is 13.0. The molecule has 1 N–H and O–H groups in total. The lowest BCUT2D eigenvalue weighted by Crippen LogP contribution is -2.45. The van der Waals surface area contributed by atoms with Gasteiger partial charge in [0, 0.05) is 39.8 Å². The highest BCUT2D eigenvalue weighted by atomic mass is 35.5. The fraction of sp³-hybridized carbons (Fsp3) is 0.0526. The molecule has 0 aliphatic carbocycles. The summed E-state index contributed by atoms with van der Waals surface area (Å²) in [5.74, 6) is -0.271. The first kappa shape index (κ1) is 14.9. The second-order valence-electron chi connectivity index (χ2n) is 5.57. The number of aromatic nitrogens is 1. The quantitative estimate of drug-likeness (QED) is 0.778. The Morgan fingerprint density at radius 3 is 2.42 bits per heavy atom. The van der Waals surface area contributed by atoms with Crippen LogP contribution in [0.15, 0.2) is 73.1 Å². The number of amides is 1. The highest BCUT2D eigenvalue weighted by molar-refractivity contribution is 6.31. The van der Waals surface area contributed by atoms with Crippen LogP contribution in [-0.2, 0) is 5.72 Å². The Kier molecular flexibility index (Phi) is 3.37. The first-order valence-electron chi connectivity index (χ1n) is 7.45. The van der Waals surface area contributed by atoms with Gasteiger partial charge in [-0.25, -0.2) is 0 Å². The average molecular weight is 337 g/mol. The SMILES string of the molecule is O=C1c2ccc(Cl)cc2C(O)(c2ccncc2)N1c1ccccc1. The molecule has 2 heterocycles. The molecule has 4 nitrogen and oxygen atoms in total. The molecule has 0 spiro atoms. The molecule has 1 atom stereocenters. The molecule has 5 heteroatoms. The zero-order valence-corrected chi connectivity index (χ0v) is 13.3. The van der Waals surface area contributed by atoms with Gasteiger partial charge in [-0.15, -0.1) is 0 Å². The van der Waals surface area contributed by atoms with E-state index in [2.05, 4.69) is 4.98 Å². The summed E-state index contributed by atoms with van der Waals surface area (Å²) in [6, 6.07) is 17.4. The molecule has 1 aliphatic heterocycles. The predicted molar refractivity (Wildman–Crippen MR) is 91.9 cm³/mol. The normalized spacial score (nSPS) is 19.4. The van der Waals surface area contributed by atoms with Crippen LogP contribution in [0.2, 0.25) is 5.02 Å². The number of para-hydroxylation sites is 1. The summed E-state index contributed by atoms with van der Waals surface area (Å²) >= 11 is 6.13. The lowest BCUT2D eigenvalue weighted by molar-refractivity contribution is 0.0703. The van der Waals surface area contributed by atoms with Crippen LogP contribution in [0.3, 0.4) is 0 Å². The van der Waals surface area contributed by atoms with Crippen LogP contribution < -0.4 is 4.90 Å². The highest BCUT2D eigenvalue weighted by Crippen LogP contribution is 2.45. The Morgan fingerprint density at radius 1 is 1.00 bits per heavy atom. The molecule has 0 saturated heterocycles. The summed E-state index contributed by atoms with van der Waals surface area (Å²) in [7, 11) is 0. The minimum Gasteiger partial charge on any atom is -0.363 e. The molecule has 118 valence electrons. The molecule has 1 amide bonds. The molecule has 0 fully saturated rings. The third-order valence-electron chi connectivity index (χ3n) is 4.21. The van der Waals surface area contributed by atoms with Crippen LogP contribution in [0.5, 0.6) is 0 Å². The minimum absolute atomic E-state index is 0.271. The van der Waals surface area contributed by atoms with E-state index in [0.717, 1.165) is 0 Å². The number of fused-ring (bicyclic) bond motifs is 1. The third kappa shape index (κ3) is 2.04. The van der Waals surface area contributed by atoms with Gasteiger partial charge in [-0.3, -0.25) is 14.7 Å². The number of benzene rings is 2. The van der Waals surface area contributed by atoms with Crippen molar-refractivity contribution in [2.75, 3.05) is 4.90 Å². The number of nitrogens with zero attached hydrogens (tertiary/aromatic N) is 2. The van der Waals surface area contributed by atoms with E-state index >= 15 is 0 Å². The number of pyridine rings is 1. The summed E-state index contributed by atoms with van der Waals surface area (Å²) in [6.45, 7) is 0. The Hall–Kier alpha value is -2.69. The lowest BCUT2D eigenvalue weighted by Gasteiger charge is -2.34. The van der Waals surface area contributed by atoms with E-state index in [9.17, 15) is 9.90 Å². The summed E-state index contributed by atoms with van der Waals surface area (Å²) in [4.78, 5) is 18.4. The van der Waals surface area contributed by atoms with Crippen LogP contribution in [0, 0.1) is 0 Å². The predicted octanol–water partition coefficient (Wildman–Crippen LogP) is 3.59. The average Bonchev–Trinajstić information content (AvgIpc) is 2.84. The number of anilines is 1. The van der Waals surface area contributed by atoms with E-state index in [1.165, 1.54) is 4.90 Å². The number of hydrogen-bond donors (Lipinski definition) is 1. The van der Waals surface area contributed by atoms with Crippen LogP contribution in [-0.4, -0.2) is 16.0 Å². The van der Waals surface area contributed by atoms with Crippen LogP contribution in [0.25, 0.3) is 0 Å². The first-order chi connectivity index (χ1) is 11.6. The summed E-state index contributed by atoms with van der Waals surface area (Å²) in [6.07, 6.45) is 3.17. The Balaban J connectivity index is 2.02. The van der Waals surface area contributed by atoms with Crippen LogP contribution in [0.4, 0.5) is 5.69 Å². The van der Waals surface area contributed by atoms with Crippen LogP contribution in [0.1, 0.15) is 21.5 Å². The molecule has 1 aromatic heterocycles. The van der Waals surface area contributed by atoms with Gasteiger partial charge in [0.2, 0.25) is 0 Å². The number of hydrogen-bond acceptors (Lipinski definition) is 3. The standard InChI is InChI=1S/C19H13ClN2O2/c20-14-6-7-16-17(12-14)19(24,13-8-10-21-11-9-13)22(18(16)23)15-4-2-1-3-5-15/h1-12,24H. The van der Waals surface area contributed by atoms with E-state index in [1.807, 2.05) is 18.2 Å². The molecule has 0 radical (unpaired) electrons. The van der Waals surface area contributed by atoms with Crippen molar-refractivity contribution in [1.82, 2.24) is 4.98 Å². The van der Waals surface area contributed by atoms with Gasteiger partial charge in [-0.1, -0.05) is 29.8 Å². The highest BCUT2D eigenvalue weighted by Gasteiger charge is 2.50. The number of aliphatic hydroxyl groups is 1. The topological polar surface area (TPSA) is 53.4 Å². The molecule has 3 aromatic rings. The monoisotopic (exact) mass is 336 g/mol. The Labute approximate surface area is 144 Å². The van der Waals surface area contributed by atoms with E-state index in [1.54, 1.807) is 54.9 Å². The molecular weight excluding hydrogens is 324 g/mol. The number of carbonyl (C=O) groups is 1. The van der Waals surface area contributed by atoms with Gasteiger partial charge >= 0.3 is 0 Å². The fourth-order valence-electron chi connectivity index (χ4n) is 3.13. The van der Waals surface area contributed by atoms with Gasteiger partial charge in [0.1, 0.15) is 0 Å². The van der Waals surface area contributed by atoms with Crippen molar-refractivity contribution < 1.29 is 9.90 Å². The number of carbonyl (C=O) groups excluding carboxylic acids is 1. The van der Waals surface area contributed by atoms with Crippen LogP contribution >= 0.6 is 11.6 Å². The molecule has 24 heavy (non-hydrogen) atoms. The second-order valence-corrected chi connectivity index (χ2v) is 6.01. The minimum atomic E-state index is -1.64. The van der Waals surface area contributed by atoms with Gasteiger partial charge in [0.15, 0.2) is 5.72 Å². The van der Waals surface area contributed by atoms with Crippen molar-refractivity contribution >= 4 is 23.2 Å². The van der Waals surface area contributed by atoms with Crippen molar-refractivity contribution in [2.45, 2.75) is 5.72 Å². The Morgan fingerprint density at radius 2 is 1.71 bits per heavy atom. The largest absolute Gasteiger partial charge is 0.363 e. The van der Waals surface area contributed by atoms with Crippen molar-refractivity contribution in [2.24, 2.45) is 0 Å².